The highest BCUT2D eigenvalue weighted by atomic mass is 127. The van der Waals surface area contributed by atoms with Gasteiger partial charge in [0.2, 0.25) is 11.8 Å². The summed E-state index contributed by atoms with van der Waals surface area (Å²) in [7, 11) is 1.47. The zero-order valence-electron chi connectivity index (χ0n) is 31.7. The number of aromatic nitrogens is 2. The first-order chi connectivity index (χ1) is 24.9. The van der Waals surface area contributed by atoms with Crippen LogP contribution in [0.15, 0.2) is 43.5 Å². The Morgan fingerprint density at radius 2 is 1.85 bits per heavy atom. The van der Waals surface area contributed by atoms with Gasteiger partial charge in [0.25, 0.3) is 0 Å². The van der Waals surface area contributed by atoms with Crippen LogP contribution in [0, 0.1) is 23.7 Å². The van der Waals surface area contributed by atoms with E-state index in [0.29, 0.717) is 30.6 Å². The van der Waals surface area contributed by atoms with Crippen molar-refractivity contribution in [2.45, 2.75) is 107 Å². The Kier molecular flexibility index (Phi) is 14.1. The molecule has 1 aliphatic carbocycles. The zero-order valence-corrected chi connectivity index (χ0v) is 33.9. The van der Waals surface area contributed by atoms with E-state index in [1.165, 1.54) is 18.1 Å². The molecule has 1 saturated carbocycles. The molecule has 2 heterocycles. The largest absolute Gasteiger partial charge is 0.788 e. The van der Waals surface area contributed by atoms with Crippen LogP contribution >= 0.6 is 0 Å². The quantitative estimate of drug-likeness (QED) is 0.116. The Morgan fingerprint density at radius 1 is 1.13 bits per heavy atom. The maximum absolute atomic E-state index is 15.3. The number of rotatable bonds is 16. The summed E-state index contributed by atoms with van der Waals surface area (Å²) in [6, 6.07) is 2.36. The molecule has 0 bridgehead atoms. The molecule has 1 aromatic carbocycles. The summed E-state index contributed by atoms with van der Waals surface area (Å²) in [4.78, 5) is 52.0. The Bertz CT molecular complexity index is 1650. The summed E-state index contributed by atoms with van der Waals surface area (Å²) in [5.74, 6) is -5.00. The predicted octanol–water partition coefficient (Wildman–Crippen LogP) is 3.91. The minimum atomic E-state index is -3.62. The van der Waals surface area contributed by atoms with Gasteiger partial charge in [-0.3, -0.25) is 4.79 Å². The molecule has 1 aliphatic heterocycles. The number of carbonyl (C=O) groups is 3. The average Bonchev–Trinajstić information content (AvgIpc) is 3.65. The van der Waals surface area contributed by atoms with E-state index in [1.54, 1.807) is 26.0 Å². The number of alkyl halides is 3. The number of ether oxygens (including phenoxy) is 4. The molecule has 0 spiro atoms. The first kappa shape index (κ1) is 42.2. The highest BCUT2D eigenvalue weighted by Gasteiger charge is 2.52. The third kappa shape index (κ3) is 10.2. The van der Waals surface area contributed by atoms with Crippen molar-refractivity contribution in [1.29, 1.82) is 0 Å². The minimum absolute atomic E-state index is 0.0104. The lowest BCUT2D eigenvalue weighted by molar-refractivity contribution is -0.469. The van der Waals surface area contributed by atoms with Crippen LogP contribution < -0.4 is 37.4 Å². The first-order valence-corrected chi connectivity index (χ1v) is 19.3. The Labute approximate surface area is 324 Å². The van der Waals surface area contributed by atoms with Gasteiger partial charge in [0.05, 0.1) is 37.3 Å². The van der Waals surface area contributed by atoms with E-state index in [1.807, 2.05) is 26.8 Å². The number of carbonyl (C=O) groups excluding carboxylic acids is 3. The van der Waals surface area contributed by atoms with Gasteiger partial charge in [0.15, 0.2) is 5.69 Å². The fourth-order valence-corrected chi connectivity index (χ4v) is 7.57. The molecule has 1 saturated heterocycles. The Balaban J connectivity index is 1.70. The van der Waals surface area contributed by atoms with Gasteiger partial charge in [-0.05, 0) is 68.1 Å². The maximum atomic E-state index is 15.3. The third-order valence-electron chi connectivity index (χ3n) is 9.89. The molecule has 53 heavy (non-hydrogen) atoms. The zero-order chi connectivity index (χ0) is 39.2. The summed E-state index contributed by atoms with van der Waals surface area (Å²) in [6.07, 6.45) is 3.89. The molecule has 14 heteroatoms. The molecular weight excluding hydrogens is 801 g/mol. The van der Waals surface area contributed by atoms with Gasteiger partial charge in [0.1, 0.15) is 24.0 Å². The molecule has 11 nitrogen and oxygen atoms in total. The predicted molar refractivity (Wildman–Crippen MR) is 192 cm³/mol. The number of halogens is 3. The lowest BCUT2D eigenvalue weighted by Gasteiger charge is -2.42. The Hall–Kier alpha value is -3.56. The number of benzene rings is 1. The van der Waals surface area contributed by atoms with Gasteiger partial charge in [-0.15, -0.1) is 10.0 Å². The number of hydrogen-bond acceptors (Lipinski definition) is 9. The van der Waals surface area contributed by atoms with Crippen LogP contribution in [0.2, 0.25) is 0 Å². The fraction of sp³-hybridized carbons (Fsp3) is 0.615. The van der Waals surface area contributed by atoms with Gasteiger partial charge < -0.3 is 51.8 Å². The van der Waals surface area contributed by atoms with Crippen molar-refractivity contribution in [2.24, 2.45) is 23.7 Å². The number of likely N-dealkylation sites (tertiary alicyclic amines) is 1. The fourth-order valence-electron chi connectivity index (χ4n) is 7.15. The number of amides is 2. The van der Waals surface area contributed by atoms with Gasteiger partial charge >= 0.3 is 18.0 Å². The minimum Gasteiger partial charge on any atom is -0.788 e. The summed E-state index contributed by atoms with van der Waals surface area (Å²) >= 11 is 2.09. The molecule has 2 amide bonds. The molecule has 293 valence electrons. The van der Waals surface area contributed by atoms with Gasteiger partial charge in [-0.2, -0.15) is 8.78 Å². The van der Waals surface area contributed by atoms with Gasteiger partial charge in [-0.25, -0.2) is 19.6 Å². The number of alkyl carbamates (subject to hydrolysis) is 1. The molecule has 1 radical (unpaired) electrons. The summed E-state index contributed by atoms with van der Waals surface area (Å²) < 4.78 is 53.1. The highest BCUT2D eigenvalue weighted by molar-refractivity contribution is 5.91. The van der Waals surface area contributed by atoms with Crippen molar-refractivity contribution >= 4 is 29.0 Å². The average molecular weight is 855 g/mol. The van der Waals surface area contributed by atoms with E-state index in [2.05, 4.69) is 58.0 Å². The van der Waals surface area contributed by atoms with Crippen LogP contribution in [0.3, 0.4) is 0 Å². The SMILES string of the molecule is C=CCC[C@@H]1C[C@@H](C)C[C@H]1OC(=O)N[C@H](C(=O)N1C[C@H](Oc2nc3cc(OC)ccc3nc2C(F)(F)C=C)[C@@H](CC)[C@H]1C(=O)OCC(C)C)C(C)(C)[I-]. The maximum Gasteiger partial charge on any atom is 0.408 e. The van der Waals surface area contributed by atoms with Crippen LogP contribution in [0.4, 0.5) is 13.6 Å². The molecule has 1 aromatic heterocycles. The van der Waals surface area contributed by atoms with Crippen molar-refractivity contribution in [3.63, 3.8) is 0 Å². The second kappa shape index (κ2) is 17.7. The number of esters is 1. The van der Waals surface area contributed by atoms with Crippen LogP contribution in [0.25, 0.3) is 11.0 Å². The molecule has 2 fully saturated rings. The van der Waals surface area contributed by atoms with E-state index < -0.39 is 63.0 Å². The van der Waals surface area contributed by atoms with Crippen molar-refractivity contribution in [3.05, 3.63) is 49.2 Å². The number of nitrogens with one attached hydrogen (secondary N) is 1. The molecule has 2 aromatic rings. The second-order valence-corrected chi connectivity index (χ2v) is 17.8. The van der Waals surface area contributed by atoms with E-state index >= 15 is 8.78 Å². The van der Waals surface area contributed by atoms with Crippen LogP contribution in [0.1, 0.15) is 79.3 Å². The lowest BCUT2D eigenvalue weighted by atomic mass is 9.94. The van der Waals surface area contributed by atoms with Crippen LogP contribution in [-0.2, 0) is 25.0 Å². The van der Waals surface area contributed by atoms with Crippen molar-refractivity contribution in [1.82, 2.24) is 20.2 Å². The standard InChI is InChI=1S/C39H53F2IN4O7/c1-10-13-14-24-17-23(6)18-29(24)53-37(49)45-33(38(7,8)42)35(47)46-20-30(26(11-2)31(46)36(48)51-21-22(4)5)52-34-32(39(40,41)12-3)43-27-16-15-25(50-9)19-28(27)44-34/h10,12,15-16,19,22-24,26,29-31,33H,1,3,11,13-14,17-18,20-21H2,2,4-9H3,(H,45,49)/q-1/t23-,24-,26-,29-,30+,31+,33-/m1/s1. The van der Waals surface area contributed by atoms with E-state index in [0.717, 1.165) is 19.3 Å². The number of methoxy groups -OCH3 is 1. The first-order valence-electron chi connectivity index (χ1n) is 18.2. The lowest BCUT2D eigenvalue weighted by Crippen LogP contribution is -3.44. The number of allylic oxidation sites excluding steroid dienone is 2. The smallest absolute Gasteiger partial charge is 0.408 e. The number of nitrogens with zero attached hydrogens (tertiary/aromatic N) is 3. The number of hydrogen-bond donors (Lipinski definition) is 1. The second-order valence-electron chi connectivity index (χ2n) is 15.0. The third-order valence-corrected chi connectivity index (χ3v) is 10.5. The molecule has 0 unspecified atom stereocenters. The van der Waals surface area contributed by atoms with E-state index in [9.17, 15) is 14.4 Å². The molecule has 7 atom stereocenters. The van der Waals surface area contributed by atoms with E-state index in [-0.39, 0.29) is 42.1 Å². The molecular formula is C39H53F2IN4O7-. The monoisotopic (exact) mass is 854 g/mol. The Morgan fingerprint density at radius 3 is 2.45 bits per heavy atom. The molecule has 1 N–H and O–H groups in total. The molecule has 2 aliphatic rings. The summed E-state index contributed by atoms with van der Waals surface area (Å²) in [5, 5.41) is 2.81. The van der Waals surface area contributed by atoms with Gasteiger partial charge in [0, 0.05) is 12.0 Å². The molecule has 4 rings (SSSR count). The topological polar surface area (TPSA) is 129 Å². The summed E-state index contributed by atoms with van der Waals surface area (Å²) in [6.45, 7) is 18.3. The van der Waals surface area contributed by atoms with Crippen LogP contribution in [0.5, 0.6) is 11.6 Å². The highest BCUT2D eigenvalue weighted by Crippen LogP contribution is 2.39. The summed E-state index contributed by atoms with van der Waals surface area (Å²) in [5.41, 5.74) is -0.330. The van der Waals surface area contributed by atoms with Crippen molar-refractivity contribution in [3.8, 4) is 11.6 Å². The van der Waals surface area contributed by atoms with Crippen molar-refractivity contribution in [2.75, 3.05) is 20.3 Å². The normalized spacial score (nSPS) is 23.8. The van der Waals surface area contributed by atoms with E-state index in [4.69, 9.17) is 18.9 Å². The van der Waals surface area contributed by atoms with Crippen LogP contribution in [-0.4, -0.2) is 80.8 Å². The number of fused-ring (bicyclic) bond motifs is 1. The van der Waals surface area contributed by atoms with Gasteiger partial charge in [-0.1, -0.05) is 54.2 Å². The van der Waals surface area contributed by atoms with Crippen molar-refractivity contribution < 1.29 is 64.7 Å².